The molecule has 0 aliphatic carbocycles. The predicted molar refractivity (Wildman–Crippen MR) is 97.7 cm³/mol. The Labute approximate surface area is 146 Å². The number of nitriles is 1. The molecule has 24 heavy (non-hydrogen) atoms. The van der Waals surface area contributed by atoms with E-state index in [0.29, 0.717) is 10.6 Å². The lowest BCUT2D eigenvalue weighted by atomic mass is 10.1. The van der Waals surface area contributed by atoms with Gasteiger partial charge in [0.15, 0.2) is 0 Å². The lowest BCUT2D eigenvalue weighted by Gasteiger charge is -2.26. The number of benzene rings is 2. The normalized spacial score (nSPS) is 10.4. The SMILES string of the molecule is CCN(c1ccc(C#N)c(Cl)c1)c1cc(-c2ccco2)ccc1C. The number of aryl methyl sites for hydroxylation is 1. The largest absolute Gasteiger partial charge is 0.464 e. The minimum atomic E-state index is 0.466. The summed E-state index contributed by atoms with van der Waals surface area (Å²) in [5.74, 6) is 0.838. The molecule has 0 bridgehead atoms. The van der Waals surface area contributed by atoms with Crippen LogP contribution in [0.15, 0.2) is 59.2 Å². The van der Waals surface area contributed by atoms with Gasteiger partial charge < -0.3 is 9.32 Å². The number of anilines is 2. The smallest absolute Gasteiger partial charge is 0.133 e. The molecule has 2 aromatic carbocycles. The van der Waals surface area contributed by atoms with Crippen LogP contribution < -0.4 is 4.90 Å². The van der Waals surface area contributed by atoms with Gasteiger partial charge >= 0.3 is 0 Å². The van der Waals surface area contributed by atoms with E-state index in [1.807, 2.05) is 24.3 Å². The molecule has 1 heterocycles. The van der Waals surface area contributed by atoms with Gasteiger partial charge in [-0.1, -0.05) is 23.7 Å². The molecule has 0 aliphatic heterocycles. The van der Waals surface area contributed by atoms with Gasteiger partial charge in [-0.15, -0.1) is 0 Å². The highest BCUT2D eigenvalue weighted by atomic mass is 35.5. The summed E-state index contributed by atoms with van der Waals surface area (Å²) in [4.78, 5) is 2.18. The van der Waals surface area contributed by atoms with Crippen molar-refractivity contribution >= 4 is 23.0 Å². The van der Waals surface area contributed by atoms with Gasteiger partial charge in [-0.3, -0.25) is 0 Å². The average Bonchev–Trinajstić information content (AvgIpc) is 3.12. The quantitative estimate of drug-likeness (QED) is 0.592. The first-order valence-corrected chi connectivity index (χ1v) is 8.13. The Morgan fingerprint density at radius 3 is 2.62 bits per heavy atom. The summed E-state index contributed by atoms with van der Waals surface area (Å²) in [5, 5.41) is 9.52. The molecule has 0 spiro atoms. The van der Waals surface area contributed by atoms with Crippen LogP contribution in [0.5, 0.6) is 0 Å². The summed E-state index contributed by atoms with van der Waals surface area (Å²) in [6.45, 7) is 4.95. The van der Waals surface area contributed by atoms with E-state index < -0.39 is 0 Å². The molecule has 3 nitrogen and oxygen atoms in total. The summed E-state index contributed by atoms with van der Waals surface area (Å²) in [7, 11) is 0. The molecule has 0 saturated heterocycles. The van der Waals surface area contributed by atoms with Crippen LogP contribution in [0.25, 0.3) is 11.3 Å². The minimum Gasteiger partial charge on any atom is -0.464 e. The first-order valence-electron chi connectivity index (χ1n) is 7.75. The van der Waals surface area contributed by atoms with Crippen LogP contribution in [0.3, 0.4) is 0 Å². The van der Waals surface area contributed by atoms with Crippen molar-refractivity contribution in [2.45, 2.75) is 13.8 Å². The van der Waals surface area contributed by atoms with Gasteiger partial charge in [-0.2, -0.15) is 5.26 Å². The van der Waals surface area contributed by atoms with Crippen LogP contribution >= 0.6 is 11.6 Å². The third-order valence-corrected chi connectivity index (χ3v) is 4.32. The number of furan rings is 1. The van der Waals surface area contributed by atoms with Crippen LogP contribution in [0.4, 0.5) is 11.4 Å². The molecular formula is C20H17ClN2O. The van der Waals surface area contributed by atoms with Gasteiger partial charge in [0.1, 0.15) is 11.8 Å². The van der Waals surface area contributed by atoms with Crippen molar-refractivity contribution in [1.29, 1.82) is 5.26 Å². The third kappa shape index (κ3) is 3.02. The summed E-state index contributed by atoms with van der Waals surface area (Å²) >= 11 is 6.21. The molecule has 120 valence electrons. The molecule has 3 aromatic rings. The maximum absolute atomic E-state index is 9.05. The van der Waals surface area contributed by atoms with Crippen LogP contribution in [-0.2, 0) is 0 Å². The van der Waals surface area contributed by atoms with E-state index >= 15 is 0 Å². The van der Waals surface area contributed by atoms with Gasteiger partial charge in [0.05, 0.1) is 16.8 Å². The van der Waals surface area contributed by atoms with Crippen LogP contribution in [0.1, 0.15) is 18.1 Å². The lowest BCUT2D eigenvalue weighted by molar-refractivity contribution is 0.582. The van der Waals surface area contributed by atoms with Crippen molar-refractivity contribution in [2.24, 2.45) is 0 Å². The molecular weight excluding hydrogens is 320 g/mol. The minimum absolute atomic E-state index is 0.466. The van der Waals surface area contributed by atoms with Crippen LogP contribution in [0.2, 0.25) is 5.02 Å². The summed E-state index contributed by atoms with van der Waals surface area (Å²) < 4.78 is 5.51. The van der Waals surface area contributed by atoms with Crippen molar-refractivity contribution < 1.29 is 4.42 Å². The molecule has 0 saturated carbocycles. The molecule has 0 aliphatic rings. The van der Waals surface area contributed by atoms with E-state index in [1.165, 1.54) is 0 Å². The van der Waals surface area contributed by atoms with E-state index in [4.69, 9.17) is 21.3 Å². The lowest BCUT2D eigenvalue weighted by Crippen LogP contribution is -2.17. The molecule has 0 atom stereocenters. The summed E-state index contributed by atoms with van der Waals surface area (Å²) in [6, 6.07) is 17.7. The van der Waals surface area contributed by atoms with E-state index in [1.54, 1.807) is 12.3 Å². The van der Waals surface area contributed by atoms with Gasteiger partial charge in [0.25, 0.3) is 0 Å². The van der Waals surface area contributed by atoms with Crippen molar-refractivity contribution in [3.8, 4) is 17.4 Å². The Morgan fingerprint density at radius 2 is 2.00 bits per heavy atom. The number of hydrogen-bond donors (Lipinski definition) is 0. The fraction of sp³-hybridized carbons (Fsp3) is 0.150. The van der Waals surface area contributed by atoms with Crippen molar-refractivity contribution in [1.82, 2.24) is 0 Å². The highest BCUT2D eigenvalue weighted by Gasteiger charge is 2.14. The second-order valence-electron chi connectivity index (χ2n) is 5.50. The van der Waals surface area contributed by atoms with E-state index in [9.17, 15) is 0 Å². The number of halogens is 1. The zero-order valence-corrected chi connectivity index (χ0v) is 14.3. The first kappa shape index (κ1) is 16.2. The fourth-order valence-corrected chi connectivity index (χ4v) is 2.97. The van der Waals surface area contributed by atoms with Crippen LogP contribution in [-0.4, -0.2) is 6.54 Å². The Hall–Kier alpha value is -2.70. The zero-order chi connectivity index (χ0) is 17.1. The number of rotatable bonds is 4. The monoisotopic (exact) mass is 336 g/mol. The van der Waals surface area contributed by atoms with Gasteiger partial charge in [0.2, 0.25) is 0 Å². The Kier molecular flexibility index (Phi) is 4.59. The standard InChI is InChI=1S/C20H17ClN2O/c1-3-23(17-9-8-16(13-22)18(21)12-17)19-11-15(7-6-14(19)2)20-5-4-10-24-20/h4-12H,3H2,1-2H3. The third-order valence-electron chi connectivity index (χ3n) is 4.01. The molecule has 0 amide bonds. The van der Waals surface area contributed by atoms with Crippen molar-refractivity contribution in [3.63, 3.8) is 0 Å². The van der Waals surface area contributed by atoms with E-state index in [0.717, 1.165) is 34.8 Å². The molecule has 0 radical (unpaired) electrons. The number of nitrogens with zero attached hydrogens (tertiary/aromatic N) is 2. The fourth-order valence-electron chi connectivity index (χ4n) is 2.75. The number of hydrogen-bond acceptors (Lipinski definition) is 3. The topological polar surface area (TPSA) is 40.2 Å². The average molecular weight is 337 g/mol. The summed E-state index contributed by atoms with van der Waals surface area (Å²) in [6.07, 6.45) is 1.67. The molecule has 3 rings (SSSR count). The van der Waals surface area contributed by atoms with Crippen molar-refractivity contribution in [2.75, 3.05) is 11.4 Å². The van der Waals surface area contributed by atoms with Gasteiger partial charge in [-0.05, 0) is 55.8 Å². The maximum Gasteiger partial charge on any atom is 0.133 e. The molecule has 4 heteroatoms. The molecule has 1 aromatic heterocycles. The van der Waals surface area contributed by atoms with E-state index in [-0.39, 0.29) is 0 Å². The second-order valence-corrected chi connectivity index (χ2v) is 5.91. The summed E-state index contributed by atoms with van der Waals surface area (Å²) in [5.41, 5.74) is 4.72. The Morgan fingerprint density at radius 1 is 1.17 bits per heavy atom. The second kappa shape index (κ2) is 6.82. The molecule has 0 unspecified atom stereocenters. The van der Waals surface area contributed by atoms with Crippen molar-refractivity contribution in [3.05, 3.63) is 70.9 Å². The maximum atomic E-state index is 9.05. The van der Waals surface area contributed by atoms with Gasteiger partial charge in [0, 0.05) is 23.5 Å². The Balaban J connectivity index is 2.06. The van der Waals surface area contributed by atoms with Crippen LogP contribution in [0, 0.1) is 18.3 Å². The van der Waals surface area contributed by atoms with E-state index in [2.05, 4.69) is 43.0 Å². The first-order chi connectivity index (χ1) is 11.6. The highest BCUT2D eigenvalue weighted by molar-refractivity contribution is 6.32. The Bertz CT molecular complexity index is 894. The van der Waals surface area contributed by atoms with Gasteiger partial charge in [-0.25, -0.2) is 0 Å². The predicted octanol–water partition coefficient (Wildman–Crippen LogP) is 5.94. The molecule has 0 N–H and O–H groups in total. The highest BCUT2D eigenvalue weighted by Crippen LogP contribution is 2.34. The molecule has 0 fully saturated rings. The zero-order valence-electron chi connectivity index (χ0n) is 13.6.